The number of ether oxygens (including phenoxy) is 1. The fourth-order valence-electron chi connectivity index (χ4n) is 3.80. The lowest BCUT2D eigenvalue weighted by atomic mass is 10.2. The van der Waals surface area contributed by atoms with Crippen LogP contribution in [0.5, 0.6) is 5.75 Å². The van der Waals surface area contributed by atoms with Gasteiger partial charge in [-0.3, -0.25) is 4.40 Å². The number of methoxy groups -OCH3 is 1. The minimum absolute atomic E-state index is 0.793. The summed E-state index contributed by atoms with van der Waals surface area (Å²) in [6, 6.07) is 18.3. The molecule has 7 heteroatoms. The predicted molar refractivity (Wildman–Crippen MR) is 114 cm³/mol. The van der Waals surface area contributed by atoms with Crippen LogP contribution < -0.4 is 14.5 Å². The van der Waals surface area contributed by atoms with Gasteiger partial charge >= 0.3 is 0 Å². The number of anilines is 2. The van der Waals surface area contributed by atoms with Gasteiger partial charge in [0.25, 0.3) is 0 Å². The lowest BCUT2D eigenvalue weighted by Crippen LogP contribution is -2.47. The minimum atomic E-state index is 0.793. The summed E-state index contributed by atoms with van der Waals surface area (Å²) < 4.78 is 7.38. The second-order valence-corrected chi connectivity index (χ2v) is 7.01. The molecule has 0 unspecified atom stereocenters. The van der Waals surface area contributed by atoms with Crippen LogP contribution in [0.3, 0.4) is 0 Å². The number of fused-ring (bicyclic) bond motifs is 1. The van der Waals surface area contributed by atoms with Gasteiger partial charge in [0, 0.05) is 55.9 Å². The van der Waals surface area contributed by atoms with Crippen molar-refractivity contribution in [3.63, 3.8) is 0 Å². The molecule has 1 aliphatic heterocycles. The molecule has 7 nitrogen and oxygen atoms in total. The summed E-state index contributed by atoms with van der Waals surface area (Å²) in [5, 5.41) is 8.87. The van der Waals surface area contributed by atoms with E-state index in [1.54, 1.807) is 7.11 Å². The van der Waals surface area contributed by atoms with Crippen molar-refractivity contribution < 1.29 is 4.74 Å². The standard InChI is InChI=1S/C22H22N6O/c1-29-19-9-5-8-18(16-19)26-12-14-27(15-13-26)21-22-25-24-20(28(22)11-10-23-21)17-6-3-2-4-7-17/h2-11,16H,12-15H2,1H3. The maximum atomic E-state index is 5.36. The van der Waals surface area contributed by atoms with Gasteiger partial charge in [-0.15, -0.1) is 10.2 Å². The highest BCUT2D eigenvalue weighted by Crippen LogP contribution is 2.26. The van der Waals surface area contributed by atoms with Gasteiger partial charge < -0.3 is 14.5 Å². The monoisotopic (exact) mass is 386 g/mol. The summed E-state index contributed by atoms with van der Waals surface area (Å²) >= 11 is 0. The van der Waals surface area contributed by atoms with Gasteiger partial charge in [0.15, 0.2) is 11.6 Å². The Morgan fingerprint density at radius 2 is 1.66 bits per heavy atom. The SMILES string of the molecule is COc1cccc(N2CCN(c3nccn4c(-c5ccccc5)nnc34)CC2)c1. The van der Waals surface area contributed by atoms with Crippen molar-refractivity contribution in [3.05, 3.63) is 67.0 Å². The van der Waals surface area contributed by atoms with Crippen molar-refractivity contribution in [1.82, 2.24) is 19.6 Å². The third-order valence-corrected chi connectivity index (χ3v) is 5.34. The zero-order chi connectivity index (χ0) is 19.6. The Kier molecular flexibility index (Phi) is 4.48. The van der Waals surface area contributed by atoms with Crippen LogP contribution in [0, 0.1) is 0 Å². The third-order valence-electron chi connectivity index (χ3n) is 5.34. The second-order valence-electron chi connectivity index (χ2n) is 7.01. The van der Waals surface area contributed by atoms with E-state index in [9.17, 15) is 0 Å². The van der Waals surface area contributed by atoms with Crippen molar-refractivity contribution in [3.8, 4) is 17.1 Å². The molecule has 3 heterocycles. The first-order valence-electron chi connectivity index (χ1n) is 9.72. The van der Waals surface area contributed by atoms with Crippen LogP contribution in [0.4, 0.5) is 11.5 Å². The highest BCUT2D eigenvalue weighted by molar-refractivity contribution is 5.69. The fourth-order valence-corrected chi connectivity index (χ4v) is 3.80. The van der Waals surface area contributed by atoms with Gasteiger partial charge in [-0.2, -0.15) is 0 Å². The number of hydrogen-bond donors (Lipinski definition) is 0. The Morgan fingerprint density at radius 3 is 2.45 bits per heavy atom. The molecule has 2 aromatic heterocycles. The van der Waals surface area contributed by atoms with Gasteiger partial charge in [-0.1, -0.05) is 36.4 Å². The van der Waals surface area contributed by atoms with Crippen LogP contribution in [-0.4, -0.2) is 52.9 Å². The van der Waals surface area contributed by atoms with E-state index in [-0.39, 0.29) is 0 Å². The average Bonchev–Trinajstić information content (AvgIpc) is 3.24. The maximum absolute atomic E-state index is 5.36. The predicted octanol–water partition coefficient (Wildman–Crippen LogP) is 3.13. The van der Waals surface area contributed by atoms with Crippen LogP contribution in [0.2, 0.25) is 0 Å². The van der Waals surface area contributed by atoms with Crippen LogP contribution in [0.25, 0.3) is 17.0 Å². The molecule has 146 valence electrons. The van der Waals surface area contributed by atoms with E-state index in [1.807, 2.05) is 59.3 Å². The van der Waals surface area contributed by atoms with E-state index < -0.39 is 0 Å². The number of benzene rings is 2. The summed E-state index contributed by atoms with van der Waals surface area (Å²) in [6.07, 6.45) is 3.75. The van der Waals surface area contributed by atoms with Gasteiger partial charge in [-0.05, 0) is 12.1 Å². The summed E-state index contributed by atoms with van der Waals surface area (Å²) in [5.74, 6) is 2.60. The molecule has 5 rings (SSSR count). The topological polar surface area (TPSA) is 58.8 Å². The molecule has 2 aromatic carbocycles. The van der Waals surface area contributed by atoms with Gasteiger partial charge in [0.1, 0.15) is 5.75 Å². The number of piperazine rings is 1. The van der Waals surface area contributed by atoms with Crippen LogP contribution in [0.15, 0.2) is 67.0 Å². The summed E-state index contributed by atoms with van der Waals surface area (Å²) in [5.41, 5.74) is 3.02. The quantitative estimate of drug-likeness (QED) is 0.537. The molecule has 1 aliphatic rings. The summed E-state index contributed by atoms with van der Waals surface area (Å²) in [6.45, 7) is 3.57. The van der Waals surface area contributed by atoms with Crippen LogP contribution in [0.1, 0.15) is 0 Å². The number of aromatic nitrogens is 4. The highest BCUT2D eigenvalue weighted by Gasteiger charge is 2.22. The van der Waals surface area contributed by atoms with E-state index in [0.717, 1.165) is 54.8 Å². The van der Waals surface area contributed by atoms with Gasteiger partial charge in [0.05, 0.1) is 7.11 Å². The average molecular weight is 386 g/mol. The van der Waals surface area contributed by atoms with Crippen molar-refractivity contribution >= 4 is 17.2 Å². The number of nitrogens with zero attached hydrogens (tertiary/aromatic N) is 6. The summed E-state index contributed by atoms with van der Waals surface area (Å²) in [7, 11) is 1.70. The third kappa shape index (κ3) is 3.24. The molecule has 0 aliphatic carbocycles. The molecule has 0 bridgehead atoms. The van der Waals surface area contributed by atoms with E-state index >= 15 is 0 Å². The lowest BCUT2D eigenvalue weighted by molar-refractivity contribution is 0.414. The molecule has 0 amide bonds. The maximum Gasteiger partial charge on any atom is 0.204 e. The molecule has 0 N–H and O–H groups in total. The Bertz CT molecular complexity index is 1120. The second kappa shape index (κ2) is 7.43. The first-order chi connectivity index (χ1) is 14.3. The van der Waals surface area contributed by atoms with Crippen LogP contribution >= 0.6 is 0 Å². The number of hydrogen-bond acceptors (Lipinski definition) is 6. The normalized spacial score (nSPS) is 14.4. The highest BCUT2D eigenvalue weighted by atomic mass is 16.5. The van der Waals surface area contributed by atoms with Crippen molar-refractivity contribution in [1.29, 1.82) is 0 Å². The number of rotatable bonds is 4. The summed E-state index contributed by atoms with van der Waals surface area (Å²) in [4.78, 5) is 9.29. The molecule has 0 saturated carbocycles. The molecule has 1 saturated heterocycles. The van der Waals surface area contributed by atoms with Gasteiger partial charge in [0.2, 0.25) is 5.65 Å². The molecule has 29 heavy (non-hydrogen) atoms. The zero-order valence-corrected chi connectivity index (χ0v) is 16.3. The minimum Gasteiger partial charge on any atom is -0.497 e. The lowest BCUT2D eigenvalue weighted by Gasteiger charge is -2.36. The van der Waals surface area contributed by atoms with E-state index in [4.69, 9.17) is 4.74 Å². The van der Waals surface area contributed by atoms with Crippen LogP contribution in [-0.2, 0) is 0 Å². The zero-order valence-electron chi connectivity index (χ0n) is 16.3. The molecular weight excluding hydrogens is 364 g/mol. The van der Waals surface area contributed by atoms with Crippen molar-refractivity contribution in [2.24, 2.45) is 0 Å². The van der Waals surface area contributed by atoms with Crippen molar-refractivity contribution in [2.45, 2.75) is 0 Å². The molecule has 0 atom stereocenters. The largest absolute Gasteiger partial charge is 0.497 e. The molecular formula is C22H22N6O. The molecule has 1 fully saturated rings. The van der Waals surface area contributed by atoms with E-state index in [2.05, 4.69) is 37.1 Å². The van der Waals surface area contributed by atoms with E-state index in [1.165, 1.54) is 5.69 Å². The smallest absolute Gasteiger partial charge is 0.204 e. The van der Waals surface area contributed by atoms with Crippen molar-refractivity contribution in [2.75, 3.05) is 43.1 Å². The Balaban J connectivity index is 1.39. The first-order valence-corrected chi connectivity index (χ1v) is 9.72. The first kappa shape index (κ1) is 17.5. The van der Waals surface area contributed by atoms with E-state index in [0.29, 0.717) is 0 Å². The Labute approximate surface area is 169 Å². The fraction of sp³-hybridized carbons (Fsp3) is 0.227. The molecule has 0 spiro atoms. The molecule has 4 aromatic rings. The molecule has 0 radical (unpaired) electrons. The Hall–Kier alpha value is -3.61. The van der Waals surface area contributed by atoms with Gasteiger partial charge in [-0.25, -0.2) is 4.98 Å². The Morgan fingerprint density at radius 1 is 0.862 bits per heavy atom.